The van der Waals surface area contributed by atoms with E-state index in [2.05, 4.69) is 20.3 Å². The average Bonchev–Trinajstić information content (AvgIpc) is 3.07. The van der Waals surface area contributed by atoms with Crippen molar-refractivity contribution in [1.29, 1.82) is 0 Å². The lowest BCUT2D eigenvalue weighted by Gasteiger charge is -2.07. The number of nitrogens with zero attached hydrogens (tertiary/aromatic N) is 4. The summed E-state index contributed by atoms with van der Waals surface area (Å²) in [7, 11) is 0. The Kier molecular flexibility index (Phi) is 3.47. The van der Waals surface area contributed by atoms with Gasteiger partial charge in [0.2, 0.25) is 4.77 Å². The predicted octanol–water partition coefficient (Wildman–Crippen LogP) is 2.07. The van der Waals surface area contributed by atoms with Crippen molar-refractivity contribution in [3.8, 4) is 0 Å². The molecule has 1 aliphatic rings. The fraction of sp³-hybridized carbons (Fsp3) is 0.333. The van der Waals surface area contributed by atoms with Gasteiger partial charge >= 0.3 is 0 Å². The van der Waals surface area contributed by atoms with E-state index in [1.165, 1.54) is 0 Å². The molecule has 0 spiro atoms. The van der Waals surface area contributed by atoms with Crippen molar-refractivity contribution in [3.05, 3.63) is 40.7 Å². The number of rotatable bonds is 3. The summed E-state index contributed by atoms with van der Waals surface area (Å²) < 4.78 is 7.68. The molecule has 2 aromatic heterocycles. The molecule has 0 aliphatic carbocycles. The third kappa shape index (κ3) is 2.61. The van der Waals surface area contributed by atoms with Gasteiger partial charge in [0.05, 0.1) is 6.21 Å². The van der Waals surface area contributed by atoms with Crippen LogP contribution in [0.5, 0.6) is 0 Å². The van der Waals surface area contributed by atoms with Crippen molar-refractivity contribution in [1.82, 2.24) is 19.9 Å². The molecule has 0 radical (unpaired) electrons. The van der Waals surface area contributed by atoms with Gasteiger partial charge in [-0.1, -0.05) is 6.07 Å². The van der Waals surface area contributed by atoms with E-state index in [4.69, 9.17) is 17.0 Å². The highest BCUT2D eigenvalue weighted by atomic mass is 32.1. The zero-order valence-corrected chi connectivity index (χ0v) is 11.0. The summed E-state index contributed by atoms with van der Waals surface area (Å²) in [6.07, 6.45) is 7.12. The molecule has 0 unspecified atom stereocenters. The number of hydrogen-bond acceptors (Lipinski definition) is 5. The van der Waals surface area contributed by atoms with Crippen LogP contribution in [0, 0.1) is 4.77 Å². The Morgan fingerprint density at radius 1 is 1.58 bits per heavy atom. The summed E-state index contributed by atoms with van der Waals surface area (Å²) in [5.74, 6) is 0.725. The van der Waals surface area contributed by atoms with E-state index in [0.29, 0.717) is 4.77 Å². The van der Waals surface area contributed by atoms with Crippen LogP contribution >= 0.6 is 12.2 Å². The number of aromatic amines is 1. The molecule has 6 nitrogen and oxygen atoms in total. The minimum atomic E-state index is -0.0287. The molecule has 1 N–H and O–H groups in total. The van der Waals surface area contributed by atoms with E-state index >= 15 is 0 Å². The summed E-state index contributed by atoms with van der Waals surface area (Å²) in [5, 5.41) is 11.3. The van der Waals surface area contributed by atoms with E-state index < -0.39 is 0 Å². The van der Waals surface area contributed by atoms with E-state index in [1.54, 1.807) is 23.3 Å². The van der Waals surface area contributed by atoms with Gasteiger partial charge in [-0.15, -0.1) is 0 Å². The summed E-state index contributed by atoms with van der Waals surface area (Å²) >= 11 is 5.18. The topological polar surface area (TPSA) is 68.1 Å². The SMILES string of the molecule is S=c1[nH]nc([C@@H]2CCCO2)n1/N=C\c1cccnc1. The van der Waals surface area contributed by atoms with Crippen molar-refractivity contribution in [2.24, 2.45) is 5.10 Å². The first-order valence-corrected chi connectivity index (χ1v) is 6.49. The van der Waals surface area contributed by atoms with Crippen LogP contribution in [-0.4, -0.2) is 32.7 Å². The van der Waals surface area contributed by atoms with E-state index in [9.17, 15) is 0 Å². The molecular formula is C12H13N5OS. The molecule has 98 valence electrons. The molecule has 19 heavy (non-hydrogen) atoms. The highest BCUT2D eigenvalue weighted by Crippen LogP contribution is 2.26. The van der Waals surface area contributed by atoms with Gasteiger partial charge in [-0.2, -0.15) is 14.9 Å². The van der Waals surface area contributed by atoms with Crippen LogP contribution in [0.1, 0.15) is 30.3 Å². The first kappa shape index (κ1) is 12.2. The van der Waals surface area contributed by atoms with Crippen molar-refractivity contribution < 1.29 is 4.74 Å². The Bertz CT molecular complexity index is 627. The monoisotopic (exact) mass is 275 g/mol. The fourth-order valence-corrected chi connectivity index (χ4v) is 2.17. The van der Waals surface area contributed by atoms with Crippen molar-refractivity contribution >= 4 is 18.4 Å². The maximum absolute atomic E-state index is 5.61. The zero-order chi connectivity index (χ0) is 13.1. The Labute approximate surface area is 115 Å². The van der Waals surface area contributed by atoms with Gasteiger partial charge in [0.15, 0.2) is 5.82 Å². The first-order chi connectivity index (χ1) is 9.34. The summed E-state index contributed by atoms with van der Waals surface area (Å²) in [4.78, 5) is 4.03. The lowest BCUT2D eigenvalue weighted by Crippen LogP contribution is -2.05. The number of ether oxygens (including phenoxy) is 1. The van der Waals surface area contributed by atoms with Crippen LogP contribution in [0.4, 0.5) is 0 Å². The second kappa shape index (κ2) is 5.41. The Balaban J connectivity index is 1.90. The second-order valence-electron chi connectivity index (χ2n) is 4.23. The second-order valence-corrected chi connectivity index (χ2v) is 4.62. The third-order valence-corrected chi connectivity index (χ3v) is 3.16. The number of nitrogens with one attached hydrogen (secondary N) is 1. The number of aromatic nitrogens is 4. The maximum Gasteiger partial charge on any atom is 0.216 e. The van der Waals surface area contributed by atoms with Gasteiger partial charge < -0.3 is 4.74 Å². The highest BCUT2D eigenvalue weighted by molar-refractivity contribution is 7.71. The first-order valence-electron chi connectivity index (χ1n) is 6.08. The predicted molar refractivity (Wildman–Crippen MR) is 72.6 cm³/mol. The van der Waals surface area contributed by atoms with Crippen LogP contribution in [0.25, 0.3) is 0 Å². The van der Waals surface area contributed by atoms with Crippen LogP contribution < -0.4 is 0 Å². The van der Waals surface area contributed by atoms with Gasteiger partial charge in [-0.25, -0.2) is 0 Å². The van der Waals surface area contributed by atoms with Gasteiger partial charge in [-0.3, -0.25) is 10.1 Å². The standard InChI is InChI=1S/C12H13N5OS/c19-12-16-15-11(10-4-2-6-18-10)17(12)14-8-9-3-1-5-13-7-9/h1,3,5,7-8,10H,2,4,6H2,(H,16,19)/b14-8-/t10-/m0/s1. The van der Waals surface area contributed by atoms with Crippen LogP contribution in [0.3, 0.4) is 0 Å². The number of H-pyrrole nitrogens is 1. The molecule has 1 aliphatic heterocycles. The summed E-state index contributed by atoms with van der Waals surface area (Å²) in [6, 6.07) is 3.78. The lowest BCUT2D eigenvalue weighted by molar-refractivity contribution is 0.102. The van der Waals surface area contributed by atoms with Crippen LogP contribution in [0.2, 0.25) is 0 Å². The number of hydrogen-bond donors (Lipinski definition) is 1. The summed E-state index contributed by atoms with van der Waals surface area (Å²) in [5.41, 5.74) is 0.906. The van der Waals surface area contributed by atoms with Gasteiger partial charge in [0.1, 0.15) is 6.10 Å². The van der Waals surface area contributed by atoms with E-state index in [0.717, 1.165) is 30.8 Å². The quantitative estimate of drug-likeness (QED) is 0.688. The molecule has 1 saturated heterocycles. The minimum absolute atomic E-state index is 0.0287. The molecule has 3 rings (SSSR count). The largest absolute Gasteiger partial charge is 0.370 e. The van der Waals surface area contributed by atoms with Crippen LogP contribution in [-0.2, 0) is 4.74 Å². The zero-order valence-electron chi connectivity index (χ0n) is 10.2. The van der Waals surface area contributed by atoms with E-state index in [1.807, 2.05) is 12.1 Å². The maximum atomic E-state index is 5.61. The summed E-state index contributed by atoms with van der Waals surface area (Å²) in [6.45, 7) is 0.761. The van der Waals surface area contributed by atoms with Gasteiger partial charge in [0, 0.05) is 24.6 Å². The molecule has 1 atom stereocenters. The molecule has 0 saturated carbocycles. The smallest absolute Gasteiger partial charge is 0.216 e. The van der Waals surface area contributed by atoms with Crippen molar-refractivity contribution in [3.63, 3.8) is 0 Å². The molecule has 1 fully saturated rings. The third-order valence-electron chi connectivity index (χ3n) is 2.90. The van der Waals surface area contributed by atoms with Gasteiger partial charge in [-0.05, 0) is 31.1 Å². The molecule has 7 heteroatoms. The van der Waals surface area contributed by atoms with Gasteiger partial charge in [0.25, 0.3) is 0 Å². The molecular weight excluding hydrogens is 262 g/mol. The average molecular weight is 275 g/mol. The molecule has 0 aromatic carbocycles. The minimum Gasteiger partial charge on any atom is -0.370 e. The Hall–Kier alpha value is -1.86. The van der Waals surface area contributed by atoms with E-state index in [-0.39, 0.29) is 6.10 Å². The molecule has 0 bridgehead atoms. The lowest BCUT2D eigenvalue weighted by atomic mass is 10.2. The Morgan fingerprint density at radius 3 is 3.26 bits per heavy atom. The van der Waals surface area contributed by atoms with Crippen molar-refractivity contribution in [2.45, 2.75) is 18.9 Å². The van der Waals surface area contributed by atoms with Crippen molar-refractivity contribution in [2.75, 3.05) is 6.61 Å². The highest BCUT2D eigenvalue weighted by Gasteiger charge is 2.23. The fourth-order valence-electron chi connectivity index (χ4n) is 1.98. The normalized spacial score (nSPS) is 19.3. The van der Waals surface area contributed by atoms with Crippen LogP contribution in [0.15, 0.2) is 29.6 Å². The molecule has 2 aromatic rings. The number of pyridine rings is 1. The molecule has 3 heterocycles. The Morgan fingerprint density at radius 2 is 2.53 bits per heavy atom. The molecule has 0 amide bonds.